The monoisotopic (exact) mass is 493 g/mol. The molecule has 1 N–H and O–H groups in total. The van der Waals surface area contributed by atoms with E-state index in [-0.39, 0.29) is 12.0 Å². The first kappa shape index (κ1) is 24.7. The van der Waals surface area contributed by atoms with Crippen LogP contribution in [0.15, 0.2) is 96.7 Å². The van der Waals surface area contributed by atoms with Crippen LogP contribution in [0, 0.1) is 0 Å². The van der Waals surface area contributed by atoms with Gasteiger partial charge in [-0.15, -0.1) is 0 Å². The lowest BCUT2D eigenvalue weighted by Gasteiger charge is -2.36. The SMILES string of the molecule is COC(=O)c1ccc(C=C(COc2cccc3ccccc23)C(c2ccccn2)N2CCNCC2)cc1. The zero-order chi connectivity index (χ0) is 25.5. The van der Waals surface area contributed by atoms with Gasteiger partial charge in [0.05, 0.1) is 24.4 Å². The van der Waals surface area contributed by atoms with Crippen LogP contribution < -0.4 is 10.1 Å². The zero-order valence-electron chi connectivity index (χ0n) is 21.0. The summed E-state index contributed by atoms with van der Waals surface area (Å²) >= 11 is 0. The number of carbonyl (C=O) groups is 1. The molecule has 0 bridgehead atoms. The van der Waals surface area contributed by atoms with Crippen molar-refractivity contribution in [3.8, 4) is 5.75 Å². The minimum Gasteiger partial charge on any atom is -0.489 e. The highest BCUT2D eigenvalue weighted by Gasteiger charge is 2.27. The third kappa shape index (κ3) is 5.88. The number of methoxy groups -OCH3 is 1. The Hall–Kier alpha value is -4.00. The molecule has 0 spiro atoms. The Labute approximate surface area is 217 Å². The molecule has 188 valence electrons. The molecule has 0 aliphatic carbocycles. The van der Waals surface area contributed by atoms with Crippen LogP contribution >= 0.6 is 0 Å². The number of fused-ring (bicyclic) bond motifs is 1. The first-order valence-electron chi connectivity index (χ1n) is 12.6. The van der Waals surface area contributed by atoms with Crippen molar-refractivity contribution in [3.63, 3.8) is 0 Å². The zero-order valence-corrected chi connectivity index (χ0v) is 21.0. The molecule has 1 saturated heterocycles. The molecule has 0 radical (unpaired) electrons. The summed E-state index contributed by atoms with van der Waals surface area (Å²) in [5, 5.41) is 5.69. The van der Waals surface area contributed by atoms with E-state index in [1.54, 1.807) is 12.1 Å². The standard InChI is InChI=1S/C31H31N3O3/c1-36-31(35)25-14-12-23(13-15-25)21-26(22-37-29-11-6-8-24-7-2-3-9-27(24)29)30(28-10-4-5-16-33-28)34-19-17-32-18-20-34/h2-16,21,30,32H,17-20,22H2,1H3. The Kier molecular flexibility index (Phi) is 7.89. The van der Waals surface area contributed by atoms with Gasteiger partial charge in [0.15, 0.2) is 0 Å². The number of benzene rings is 3. The summed E-state index contributed by atoms with van der Waals surface area (Å²) < 4.78 is 11.4. The molecule has 1 aromatic heterocycles. The first-order chi connectivity index (χ1) is 18.2. The summed E-state index contributed by atoms with van der Waals surface area (Å²) in [5.41, 5.74) is 3.60. The van der Waals surface area contributed by atoms with Gasteiger partial charge in [-0.3, -0.25) is 9.88 Å². The molecule has 2 heterocycles. The normalized spacial score (nSPS) is 15.3. The Bertz CT molecular complexity index is 1360. The largest absolute Gasteiger partial charge is 0.489 e. The highest BCUT2D eigenvalue weighted by molar-refractivity contribution is 5.89. The average Bonchev–Trinajstić information content (AvgIpc) is 2.97. The number of rotatable bonds is 8. The molecule has 1 aliphatic heterocycles. The van der Waals surface area contributed by atoms with Crippen molar-refractivity contribution in [2.75, 3.05) is 39.9 Å². The second kappa shape index (κ2) is 11.8. The molecule has 37 heavy (non-hydrogen) atoms. The van der Waals surface area contributed by atoms with E-state index in [0.29, 0.717) is 12.2 Å². The van der Waals surface area contributed by atoms with Crippen LogP contribution in [-0.2, 0) is 4.74 Å². The van der Waals surface area contributed by atoms with Crippen LogP contribution in [-0.4, -0.2) is 55.7 Å². The van der Waals surface area contributed by atoms with Crippen molar-refractivity contribution in [2.45, 2.75) is 6.04 Å². The van der Waals surface area contributed by atoms with Gasteiger partial charge in [0.2, 0.25) is 0 Å². The molecule has 1 unspecified atom stereocenters. The second-order valence-electron chi connectivity index (χ2n) is 9.04. The van der Waals surface area contributed by atoms with E-state index in [2.05, 4.69) is 40.6 Å². The average molecular weight is 494 g/mol. The van der Waals surface area contributed by atoms with Gasteiger partial charge in [-0.05, 0) is 46.9 Å². The number of piperazine rings is 1. The quantitative estimate of drug-likeness (QED) is 0.344. The van der Waals surface area contributed by atoms with E-state index >= 15 is 0 Å². The molecule has 5 rings (SSSR count). The van der Waals surface area contributed by atoms with Gasteiger partial charge < -0.3 is 14.8 Å². The van der Waals surface area contributed by atoms with Crippen molar-refractivity contribution in [2.24, 2.45) is 0 Å². The van der Waals surface area contributed by atoms with Gasteiger partial charge in [0.25, 0.3) is 0 Å². The van der Waals surface area contributed by atoms with Crippen molar-refractivity contribution in [1.82, 2.24) is 15.2 Å². The second-order valence-corrected chi connectivity index (χ2v) is 9.04. The molecule has 6 heteroatoms. The van der Waals surface area contributed by atoms with E-state index < -0.39 is 0 Å². The van der Waals surface area contributed by atoms with Gasteiger partial charge in [0.1, 0.15) is 12.4 Å². The molecular weight excluding hydrogens is 462 g/mol. The topological polar surface area (TPSA) is 63.7 Å². The van der Waals surface area contributed by atoms with Crippen LogP contribution in [0.3, 0.4) is 0 Å². The van der Waals surface area contributed by atoms with Crippen LogP contribution in [0.1, 0.15) is 27.7 Å². The van der Waals surface area contributed by atoms with E-state index in [1.807, 2.05) is 54.7 Å². The minimum atomic E-state index is -0.345. The summed E-state index contributed by atoms with van der Waals surface area (Å²) in [7, 11) is 1.39. The van der Waals surface area contributed by atoms with E-state index in [1.165, 1.54) is 7.11 Å². The number of ether oxygens (including phenoxy) is 2. The van der Waals surface area contributed by atoms with Crippen molar-refractivity contribution in [1.29, 1.82) is 0 Å². The van der Waals surface area contributed by atoms with Crippen LogP contribution in [0.5, 0.6) is 5.75 Å². The minimum absolute atomic E-state index is 0.0430. The Morgan fingerprint density at radius 2 is 1.73 bits per heavy atom. The van der Waals surface area contributed by atoms with Gasteiger partial charge in [-0.1, -0.05) is 60.7 Å². The van der Waals surface area contributed by atoms with Crippen LogP contribution in [0.25, 0.3) is 16.8 Å². The Morgan fingerprint density at radius 3 is 2.49 bits per heavy atom. The number of hydrogen-bond acceptors (Lipinski definition) is 6. The van der Waals surface area contributed by atoms with Gasteiger partial charge in [0, 0.05) is 37.8 Å². The van der Waals surface area contributed by atoms with Crippen LogP contribution in [0.4, 0.5) is 0 Å². The maximum atomic E-state index is 11.9. The number of hydrogen-bond donors (Lipinski definition) is 1. The van der Waals surface area contributed by atoms with E-state index in [9.17, 15) is 4.79 Å². The smallest absolute Gasteiger partial charge is 0.337 e. The van der Waals surface area contributed by atoms with Crippen LogP contribution in [0.2, 0.25) is 0 Å². The predicted octanol–water partition coefficient (Wildman–Crippen LogP) is 5.13. The Balaban J connectivity index is 1.53. The fourth-order valence-corrected chi connectivity index (χ4v) is 4.82. The molecule has 1 fully saturated rings. The summed E-state index contributed by atoms with van der Waals surface area (Å²) in [6.07, 6.45) is 4.01. The first-order valence-corrected chi connectivity index (χ1v) is 12.6. The molecule has 1 atom stereocenters. The lowest BCUT2D eigenvalue weighted by atomic mass is 9.98. The molecule has 1 aliphatic rings. The number of carbonyl (C=O) groups excluding carboxylic acids is 1. The molecule has 0 saturated carbocycles. The van der Waals surface area contributed by atoms with Crippen molar-refractivity contribution in [3.05, 3.63) is 114 Å². The van der Waals surface area contributed by atoms with E-state index in [4.69, 9.17) is 14.5 Å². The predicted molar refractivity (Wildman–Crippen MR) is 147 cm³/mol. The maximum absolute atomic E-state index is 11.9. The number of pyridine rings is 1. The fraction of sp³-hybridized carbons (Fsp3) is 0.226. The number of esters is 1. The third-order valence-corrected chi connectivity index (χ3v) is 6.66. The van der Waals surface area contributed by atoms with Crippen molar-refractivity contribution >= 4 is 22.8 Å². The number of nitrogens with zero attached hydrogens (tertiary/aromatic N) is 2. The molecule has 3 aromatic carbocycles. The lowest BCUT2D eigenvalue weighted by molar-refractivity contribution is 0.0600. The molecule has 6 nitrogen and oxygen atoms in total. The number of aromatic nitrogens is 1. The summed E-state index contributed by atoms with van der Waals surface area (Å²) in [6.45, 7) is 4.07. The highest BCUT2D eigenvalue weighted by Crippen LogP contribution is 2.32. The molecule has 0 amide bonds. The lowest BCUT2D eigenvalue weighted by Crippen LogP contribution is -2.46. The third-order valence-electron chi connectivity index (χ3n) is 6.66. The summed E-state index contributed by atoms with van der Waals surface area (Å²) in [5.74, 6) is 0.507. The van der Waals surface area contributed by atoms with E-state index in [0.717, 1.165) is 59.5 Å². The maximum Gasteiger partial charge on any atom is 0.337 e. The van der Waals surface area contributed by atoms with Gasteiger partial charge in [-0.2, -0.15) is 0 Å². The highest BCUT2D eigenvalue weighted by atomic mass is 16.5. The summed E-state index contributed by atoms with van der Waals surface area (Å²) in [4.78, 5) is 19.1. The van der Waals surface area contributed by atoms with Gasteiger partial charge in [-0.25, -0.2) is 4.79 Å². The Morgan fingerprint density at radius 1 is 0.973 bits per heavy atom. The fourth-order valence-electron chi connectivity index (χ4n) is 4.82. The molecular formula is C31H31N3O3. The van der Waals surface area contributed by atoms with Gasteiger partial charge >= 0.3 is 5.97 Å². The van der Waals surface area contributed by atoms with Crippen molar-refractivity contribution < 1.29 is 14.3 Å². The molecule has 4 aromatic rings. The number of nitrogens with one attached hydrogen (secondary N) is 1. The summed E-state index contributed by atoms with van der Waals surface area (Å²) in [6, 6.07) is 27.9.